The average molecular weight is 435 g/mol. The van der Waals surface area contributed by atoms with Gasteiger partial charge in [-0.2, -0.15) is 4.98 Å². The predicted molar refractivity (Wildman–Crippen MR) is 119 cm³/mol. The van der Waals surface area contributed by atoms with Crippen LogP contribution in [0.1, 0.15) is 40.7 Å². The molecule has 0 atom stereocenters. The lowest BCUT2D eigenvalue weighted by molar-refractivity contribution is 0.0953. The van der Waals surface area contributed by atoms with Crippen LogP contribution in [0.5, 0.6) is 0 Å². The topological polar surface area (TPSA) is 84.2 Å². The lowest BCUT2D eigenvalue weighted by Gasteiger charge is -2.10. The van der Waals surface area contributed by atoms with E-state index in [1.54, 1.807) is 4.52 Å². The zero-order valence-corrected chi connectivity index (χ0v) is 18.6. The molecule has 0 aliphatic heterocycles. The molecule has 1 aromatic carbocycles. The third-order valence-electron chi connectivity index (χ3n) is 4.23. The zero-order chi connectivity index (χ0) is 19.9. The molecule has 0 bridgehead atoms. The maximum Gasteiger partial charge on any atom is 0.253 e. The summed E-state index contributed by atoms with van der Waals surface area (Å²) in [5.41, 5.74) is 3.58. The van der Waals surface area contributed by atoms with Crippen LogP contribution in [0.4, 0.5) is 0 Å². The van der Waals surface area contributed by atoms with Crippen molar-refractivity contribution in [3.05, 3.63) is 52.8 Å². The van der Waals surface area contributed by atoms with Crippen molar-refractivity contribution in [3.8, 4) is 0 Å². The van der Waals surface area contributed by atoms with Crippen molar-refractivity contribution in [2.24, 2.45) is 0 Å². The SMILES string of the molecule is CCCNCCNC(=O)c1ccccc1CSc1nc2nc(C)cc(C)n2n1.Cl. The van der Waals surface area contributed by atoms with Gasteiger partial charge in [0.1, 0.15) is 0 Å². The first-order valence-electron chi connectivity index (χ1n) is 9.49. The number of carbonyl (C=O) groups is 1. The van der Waals surface area contributed by atoms with Crippen LogP contribution in [0.25, 0.3) is 5.78 Å². The van der Waals surface area contributed by atoms with Crippen molar-refractivity contribution in [1.29, 1.82) is 0 Å². The van der Waals surface area contributed by atoms with Gasteiger partial charge in [0.05, 0.1) is 0 Å². The van der Waals surface area contributed by atoms with Gasteiger partial charge in [0.25, 0.3) is 11.7 Å². The van der Waals surface area contributed by atoms with Gasteiger partial charge in [0.15, 0.2) is 0 Å². The Balaban J connectivity index is 0.00000300. The highest BCUT2D eigenvalue weighted by Gasteiger charge is 2.13. The summed E-state index contributed by atoms with van der Waals surface area (Å²) in [6.07, 6.45) is 1.08. The van der Waals surface area contributed by atoms with Crippen LogP contribution < -0.4 is 10.6 Å². The van der Waals surface area contributed by atoms with E-state index >= 15 is 0 Å². The number of rotatable bonds is 9. The number of aromatic nitrogens is 4. The summed E-state index contributed by atoms with van der Waals surface area (Å²) in [5, 5.41) is 11.4. The minimum Gasteiger partial charge on any atom is -0.351 e. The molecule has 1 amide bonds. The maximum absolute atomic E-state index is 12.5. The van der Waals surface area contributed by atoms with Gasteiger partial charge >= 0.3 is 0 Å². The maximum atomic E-state index is 12.5. The van der Waals surface area contributed by atoms with Crippen molar-refractivity contribution in [3.63, 3.8) is 0 Å². The third kappa shape index (κ3) is 6.16. The summed E-state index contributed by atoms with van der Waals surface area (Å²) in [5.74, 6) is 1.17. The molecule has 156 valence electrons. The second kappa shape index (κ2) is 11.1. The molecule has 2 heterocycles. The molecule has 7 nitrogen and oxygen atoms in total. The van der Waals surface area contributed by atoms with Crippen LogP contribution in [0, 0.1) is 13.8 Å². The molecule has 2 aromatic heterocycles. The van der Waals surface area contributed by atoms with Gasteiger partial charge in [-0.15, -0.1) is 17.5 Å². The third-order valence-corrected chi connectivity index (χ3v) is 5.12. The van der Waals surface area contributed by atoms with E-state index in [4.69, 9.17) is 0 Å². The number of thioether (sulfide) groups is 1. The standard InChI is InChI=1S/C20H26N6OS.ClH/c1-4-9-21-10-11-22-18(27)17-8-6-5-7-16(17)13-28-20-24-19-23-14(2)12-15(3)26(19)25-20;/h5-8,12,21H,4,9-11,13H2,1-3H3,(H,22,27);1H. The predicted octanol–water partition coefficient (Wildman–Crippen LogP) is 3.18. The number of nitrogens with one attached hydrogen (secondary N) is 2. The van der Waals surface area contributed by atoms with E-state index in [9.17, 15) is 4.79 Å². The van der Waals surface area contributed by atoms with Crippen LogP contribution in [-0.4, -0.2) is 45.1 Å². The summed E-state index contributed by atoms with van der Waals surface area (Å²) in [7, 11) is 0. The lowest BCUT2D eigenvalue weighted by Crippen LogP contribution is -2.32. The number of amides is 1. The van der Waals surface area contributed by atoms with E-state index < -0.39 is 0 Å². The highest BCUT2D eigenvalue weighted by molar-refractivity contribution is 7.98. The Morgan fingerprint density at radius 1 is 1.14 bits per heavy atom. The van der Waals surface area contributed by atoms with Crippen molar-refractivity contribution < 1.29 is 4.79 Å². The molecule has 0 saturated carbocycles. The Labute approximate surface area is 181 Å². The summed E-state index contributed by atoms with van der Waals surface area (Å²) >= 11 is 1.50. The number of halogens is 1. The highest BCUT2D eigenvalue weighted by Crippen LogP contribution is 2.22. The van der Waals surface area contributed by atoms with Crippen molar-refractivity contribution in [2.75, 3.05) is 19.6 Å². The van der Waals surface area contributed by atoms with Crippen molar-refractivity contribution in [1.82, 2.24) is 30.2 Å². The number of carbonyl (C=O) groups excluding carboxylic acids is 1. The van der Waals surface area contributed by atoms with E-state index in [1.807, 2.05) is 44.2 Å². The Morgan fingerprint density at radius 3 is 2.72 bits per heavy atom. The number of benzene rings is 1. The molecule has 0 saturated heterocycles. The molecular formula is C20H27ClN6OS. The fraction of sp³-hybridized carbons (Fsp3) is 0.400. The number of nitrogens with zero attached hydrogens (tertiary/aromatic N) is 4. The molecule has 29 heavy (non-hydrogen) atoms. The first-order chi connectivity index (χ1) is 13.6. The Kier molecular flexibility index (Phi) is 8.88. The minimum absolute atomic E-state index is 0. The molecule has 0 spiro atoms. The summed E-state index contributed by atoms with van der Waals surface area (Å²) in [4.78, 5) is 21.5. The van der Waals surface area contributed by atoms with Crippen molar-refractivity contribution >= 4 is 35.9 Å². The van der Waals surface area contributed by atoms with Gasteiger partial charge < -0.3 is 10.6 Å². The van der Waals surface area contributed by atoms with Gasteiger partial charge in [-0.3, -0.25) is 4.79 Å². The Morgan fingerprint density at radius 2 is 1.93 bits per heavy atom. The number of hydrogen-bond acceptors (Lipinski definition) is 6. The molecule has 3 rings (SSSR count). The van der Waals surface area contributed by atoms with Crippen LogP contribution in [0.3, 0.4) is 0 Å². The van der Waals surface area contributed by atoms with Crippen LogP contribution in [0.15, 0.2) is 35.5 Å². The van der Waals surface area contributed by atoms with Gasteiger partial charge in [0, 0.05) is 35.8 Å². The smallest absolute Gasteiger partial charge is 0.253 e. The summed E-state index contributed by atoms with van der Waals surface area (Å²) < 4.78 is 1.75. The Hall–Kier alpha value is -2.16. The van der Waals surface area contributed by atoms with Gasteiger partial charge in [-0.1, -0.05) is 36.9 Å². The normalized spacial score (nSPS) is 10.7. The number of fused-ring (bicyclic) bond motifs is 1. The molecule has 3 aromatic rings. The summed E-state index contributed by atoms with van der Waals surface area (Å²) in [6.45, 7) is 8.39. The van der Waals surface area contributed by atoms with E-state index in [-0.39, 0.29) is 18.3 Å². The van der Waals surface area contributed by atoms with E-state index in [2.05, 4.69) is 32.6 Å². The molecule has 0 radical (unpaired) electrons. The fourth-order valence-corrected chi connectivity index (χ4v) is 3.70. The van der Waals surface area contributed by atoms with E-state index in [1.165, 1.54) is 11.8 Å². The monoisotopic (exact) mass is 434 g/mol. The second-order valence-electron chi connectivity index (χ2n) is 6.60. The molecule has 2 N–H and O–H groups in total. The quantitative estimate of drug-likeness (QED) is 0.397. The molecule has 0 aliphatic rings. The molecule has 0 aliphatic carbocycles. The molecule has 0 unspecified atom stereocenters. The average Bonchev–Trinajstić information content (AvgIpc) is 3.09. The number of hydrogen-bond donors (Lipinski definition) is 2. The Bertz CT molecular complexity index is 961. The first-order valence-corrected chi connectivity index (χ1v) is 10.5. The van der Waals surface area contributed by atoms with Crippen LogP contribution in [-0.2, 0) is 5.75 Å². The van der Waals surface area contributed by atoms with E-state index in [0.29, 0.717) is 28.8 Å². The number of aryl methyl sites for hydroxylation is 2. The minimum atomic E-state index is -0.0504. The van der Waals surface area contributed by atoms with Gasteiger partial charge in [-0.05, 0) is 44.5 Å². The largest absolute Gasteiger partial charge is 0.351 e. The van der Waals surface area contributed by atoms with Crippen molar-refractivity contribution in [2.45, 2.75) is 38.1 Å². The van der Waals surface area contributed by atoms with E-state index in [0.717, 1.165) is 36.5 Å². The van der Waals surface area contributed by atoms with Gasteiger partial charge in [0.2, 0.25) is 5.16 Å². The fourth-order valence-electron chi connectivity index (χ4n) is 2.88. The zero-order valence-electron chi connectivity index (χ0n) is 16.9. The van der Waals surface area contributed by atoms with Crippen LogP contribution in [0.2, 0.25) is 0 Å². The first kappa shape index (κ1) is 23.1. The highest BCUT2D eigenvalue weighted by atomic mass is 35.5. The van der Waals surface area contributed by atoms with Crippen LogP contribution >= 0.6 is 24.2 Å². The lowest BCUT2D eigenvalue weighted by atomic mass is 10.1. The summed E-state index contributed by atoms with van der Waals surface area (Å²) in [6, 6.07) is 9.64. The molecule has 0 fully saturated rings. The van der Waals surface area contributed by atoms with Gasteiger partial charge in [-0.25, -0.2) is 9.50 Å². The molecular weight excluding hydrogens is 408 g/mol. The second-order valence-corrected chi connectivity index (χ2v) is 7.54. The molecule has 9 heteroatoms.